The highest BCUT2D eigenvalue weighted by Gasteiger charge is 2.35. The predicted molar refractivity (Wildman–Crippen MR) is 77.0 cm³/mol. The van der Waals surface area contributed by atoms with E-state index in [1.165, 1.54) is 4.88 Å². The summed E-state index contributed by atoms with van der Waals surface area (Å²) in [6, 6.07) is 4.06. The van der Waals surface area contributed by atoms with Gasteiger partial charge in [-0.3, -0.25) is 4.79 Å². The zero-order valence-electron chi connectivity index (χ0n) is 11.4. The van der Waals surface area contributed by atoms with Crippen molar-refractivity contribution in [3.8, 4) is 0 Å². The predicted octanol–water partition coefficient (Wildman–Crippen LogP) is 1.99. The fraction of sp³-hybridized carbons (Fsp3) is 0.643. The van der Waals surface area contributed by atoms with Crippen molar-refractivity contribution in [1.82, 2.24) is 4.90 Å². The van der Waals surface area contributed by atoms with Crippen LogP contribution in [0.15, 0.2) is 17.5 Å². The number of ether oxygens (including phenoxy) is 1. The van der Waals surface area contributed by atoms with Gasteiger partial charge >= 0.3 is 0 Å². The maximum Gasteiger partial charge on any atom is 0.224 e. The van der Waals surface area contributed by atoms with Gasteiger partial charge in [-0.05, 0) is 30.7 Å². The lowest BCUT2D eigenvalue weighted by Crippen LogP contribution is -2.50. The zero-order chi connectivity index (χ0) is 13.7. The first-order valence-electron chi connectivity index (χ1n) is 6.71. The first kappa shape index (κ1) is 14.5. The van der Waals surface area contributed by atoms with Gasteiger partial charge < -0.3 is 15.4 Å². The Hall–Kier alpha value is -0.910. The van der Waals surface area contributed by atoms with Crippen molar-refractivity contribution in [3.05, 3.63) is 22.4 Å². The second-order valence-electron chi connectivity index (χ2n) is 5.28. The molecule has 0 aliphatic heterocycles. The molecule has 4 nitrogen and oxygen atoms in total. The molecule has 0 radical (unpaired) electrons. The number of nitrogens with two attached hydrogens (primary N) is 1. The zero-order valence-corrected chi connectivity index (χ0v) is 12.2. The minimum atomic E-state index is -0.252. The van der Waals surface area contributed by atoms with Gasteiger partial charge in [-0.2, -0.15) is 0 Å². The van der Waals surface area contributed by atoms with Crippen LogP contribution in [0.4, 0.5) is 0 Å². The maximum absolute atomic E-state index is 12.4. The maximum atomic E-state index is 12.4. The monoisotopic (exact) mass is 282 g/mol. The van der Waals surface area contributed by atoms with Crippen molar-refractivity contribution in [1.29, 1.82) is 0 Å². The van der Waals surface area contributed by atoms with Crippen molar-refractivity contribution >= 4 is 17.2 Å². The first-order chi connectivity index (χ1) is 9.13. The largest absolute Gasteiger partial charge is 0.383 e. The Balaban J connectivity index is 1.93. The molecular weight excluding hydrogens is 260 g/mol. The molecule has 5 heteroatoms. The van der Waals surface area contributed by atoms with E-state index in [4.69, 9.17) is 10.5 Å². The Labute approximate surface area is 118 Å². The molecule has 1 aromatic heterocycles. The summed E-state index contributed by atoms with van der Waals surface area (Å²) in [4.78, 5) is 15.4. The fourth-order valence-corrected chi connectivity index (χ4v) is 3.02. The van der Waals surface area contributed by atoms with Crippen LogP contribution in [0.2, 0.25) is 0 Å². The van der Waals surface area contributed by atoms with Crippen molar-refractivity contribution in [2.24, 2.45) is 5.73 Å². The van der Waals surface area contributed by atoms with Crippen LogP contribution in [0.3, 0.4) is 0 Å². The van der Waals surface area contributed by atoms with Crippen LogP contribution in [-0.4, -0.2) is 36.6 Å². The van der Waals surface area contributed by atoms with E-state index in [0.29, 0.717) is 26.1 Å². The number of hydrogen-bond acceptors (Lipinski definition) is 4. The van der Waals surface area contributed by atoms with Crippen LogP contribution < -0.4 is 5.73 Å². The Bertz CT molecular complexity index is 402. The van der Waals surface area contributed by atoms with Crippen LogP contribution in [0.5, 0.6) is 0 Å². The summed E-state index contributed by atoms with van der Waals surface area (Å²) in [5.41, 5.74) is 5.92. The highest BCUT2D eigenvalue weighted by atomic mass is 32.1. The Morgan fingerprint density at radius 2 is 2.37 bits per heavy atom. The second-order valence-corrected chi connectivity index (χ2v) is 6.31. The lowest BCUT2D eigenvalue weighted by molar-refractivity contribution is -0.134. The molecule has 2 N–H and O–H groups in total. The summed E-state index contributed by atoms with van der Waals surface area (Å²) in [6.07, 6.45) is 3.54. The summed E-state index contributed by atoms with van der Waals surface area (Å²) in [6.45, 7) is 1.86. The van der Waals surface area contributed by atoms with Gasteiger partial charge in [0.25, 0.3) is 0 Å². The number of carbonyl (C=O) groups is 1. The minimum Gasteiger partial charge on any atom is -0.383 e. The molecule has 0 atom stereocenters. The molecule has 106 valence electrons. The first-order valence-corrected chi connectivity index (χ1v) is 7.59. The van der Waals surface area contributed by atoms with Gasteiger partial charge in [-0.25, -0.2) is 0 Å². The standard InChI is InChI=1S/C14H22N2O2S/c1-18-8-7-16(11-12-4-2-9-19-12)13(17)10-14(15)5-3-6-14/h2,4,9H,3,5-8,10-11,15H2,1H3. The highest BCUT2D eigenvalue weighted by Crippen LogP contribution is 2.32. The molecule has 0 saturated heterocycles. The van der Waals surface area contributed by atoms with Crippen LogP contribution in [0.25, 0.3) is 0 Å². The molecule has 0 aromatic carbocycles. The van der Waals surface area contributed by atoms with E-state index in [1.807, 2.05) is 16.3 Å². The van der Waals surface area contributed by atoms with Crippen molar-refractivity contribution in [2.75, 3.05) is 20.3 Å². The van der Waals surface area contributed by atoms with E-state index in [0.717, 1.165) is 19.3 Å². The SMILES string of the molecule is COCCN(Cc1cccs1)C(=O)CC1(N)CCC1. The molecule has 0 bridgehead atoms. The fourth-order valence-electron chi connectivity index (χ4n) is 2.30. The van der Waals surface area contributed by atoms with E-state index in [9.17, 15) is 4.79 Å². The summed E-state index contributed by atoms with van der Waals surface area (Å²) < 4.78 is 5.09. The number of nitrogens with zero attached hydrogens (tertiary/aromatic N) is 1. The topological polar surface area (TPSA) is 55.6 Å². The molecule has 0 unspecified atom stereocenters. The lowest BCUT2D eigenvalue weighted by atomic mass is 9.75. The summed E-state index contributed by atoms with van der Waals surface area (Å²) >= 11 is 1.67. The molecule has 1 amide bonds. The van der Waals surface area contributed by atoms with Gasteiger partial charge in [0.05, 0.1) is 13.2 Å². The molecule has 1 fully saturated rings. The highest BCUT2D eigenvalue weighted by molar-refractivity contribution is 7.09. The average molecular weight is 282 g/mol. The molecule has 1 heterocycles. The van der Waals surface area contributed by atoms with Crippen LogP contribution in [0.1, 0.15) is 30.6 Å². The molecule has 1 saturated carbocycles. The third kappa shape index (κ3) is 4.03. The molecule has 19 heavy (non-hydrogen) atoms. The van der Waals surface area contributed by atoms with E-state index >= 15 is 0 Å². The Morgan fingerprint density at radius 3 is 2.89 bits per heavy atom. The van der Waals surface area contributed by atoms with Crippen molar-refractivity contribution in [2.45, 2.75) is 37.8 Å². The van der Waals surface area contributed by atoms with E-state index < -0.39 is 0 Å². The van der Waals surface area contributed by atoms with Crippen molar-refractivity contribution in [3.63, 3.8) is 0 Å². The number of methoxy groups -OCH3 is 1. The molecule has 0 spiro atoms. The normalized spacial score (nSPS) is 16.9. The third-order valence-electron chi connectivity index (χ3n) is 3.70. The average Bonchev–Trinajstić information content (AvgIpc) is 2.85. The van der Waals surface area contributed by atoms with E-state index in [1.54, 1.807) is 18.4 Å². The number of carbonyl (C=O) groups excluding carboxylic acids is 1. The summed E-state index contributed by atoms with van der Waals surface area (Å²) in [5.74, 6) is 0.146. The van der Waals surface area contributed by atoms with Crippen LogP contribution >= 0.6 is 11.3 Å². The number of amides is 1. The number of rotatable bonds is 7. The molecular formula is C14H22N2O2S. The second kappa shape index (κ2) is 6.50. The van der Waals surface area contributed by atoms with E-state index in [2.05, 4.69) is 6.07 Å². The Morgan fingerprint density at radius 1 is 1.58 bits per heavy atom. The summed E-state index contributed by atoms with van der Waals surface area (Å²) in [7, 11) is 1.66. The van der Waals surface area contributed by atoms with Crippen LogP contribution in [0, 0.1) is 0 Å². The number of thiophene rings is 1. The quantitative estimate of drug-likeness (QED) is 0.832. The summed E-state index contributed by atoms with van der Waals surface area (Å²) in [5, 5.41) is 2.03. The van der Waals surface area contributed by atoms with Gasteiger partial charge in [0.1, 0.15) is 0 Å². The van der Waals surface area contributed by atoms with Gasteiger partial charge in [-0.15, -0.1) is 11.3 Å². The minimum absolute atomic E-state index is 0.146. The van der Waals surface area contributed by atoms with E-state index in [-0.39, 0.29) is 11.4 Å². The molecule has 1 aromatic rings. The molecule has 1 aliphatic rings. The van der Waals surface area contributed by atoms with Gasteiger partial charge in [0.15, 0.2) is 0 Å². The van der Waals surface area contributed by atoms with Gasteiger partial charge in [-0.1, -0.05) is 6.07 Å². The Kier molecular flexibility index (Phi) is 4.96. The number of hydrogen-bond donors (Lipinski definition) is 1. The lowest BCUT2D eigenvalue weighted by Gasteiger charge is -2.39. The molecule has 1 aliphatic carbocycles. The van der Waals surface area contributed by atoms with Gasteiger partial charge in [0.2, 0.25) is 5.91 Å². The molecule has 2 rings (SSSR count). The van der Waals surface area contributed by atoms with Gasteiger partial charge in [0, 0.05) is 30.5 Å². The third-order valence-corrected chi connectivity index (χ3v) is 4.56. The van der Waals surface area contributed by atoms with Crippen molar-refractivity contribution < 1.29 is 9.53 Å². The smallest absolute Gasteiger partial charge is 0.224 e. The van der Waals surface area contributed by atoms with Crippen LogP contribution in [-0.2, 0) is 16.1 Å².